The summed E-state index contributed by atoms with van der Waals surface area (Å²) in [5.74, 6) is -0.115. The van der Waals surface area contributed by atoms with Crippen molar-refractivity contribution >= 4 is 21.4 Å². The second-order valence-corrected chi connectivity index (χ2v) is 8.31. The lowest BCUT2D eigenvalue weighted by Gasteiger charge is -2.25. The molecule has 2 aliphatic rings. The smallest absolute Gasteiger partial charge is 0.278 e. The van der Waals surface area contributed by atoms with Gasteiger partial charge in [-0.15, -0.1) is 0 Å². The standard InChI is InChI=1S/C17H14ClNO5S/c1-25(20,21)15-3-2-14(24-12-8-11(18)9-19-10-12)13-4-5-17(16(13)15)22-6-7-23-17/h2-3,6-10H,4-5H2,1H3. The number of nitrogens with zero attached hydrogens (tertiary/aromatic N) is 1. The predicted molar refractivity (Wildman–Crippen MR) is 90.2 cm³/mol. The summed E-state index contributed by atoms with van der Waals surface area (Å²) in [5, 5.41) is 0.449. The highest BCUT2D eigenvalue weighted by Gasteiger charge is 2.48. The van der Waals surface area contributed by atoms with Crippen molar-refractivity contribution in [3.05, 3.63) is 59.3 Å². The SMILES string of the molecule is CS(=O)(=O)c1ccc(Oc2cncc(Cl)c2)c2c1C1(CC2)OC=CO1. The topological polar surface area (TPSA) is 74.7 Å². The molecule has 4 rings (SSSR count). The fourth-order valence-corrected chi connectivity index (χ4v) is 4.33. The molecule has 0 saturated heterocycles. The first kappa shape index (κ1) is 16.2. The van der Waals surface area contributed by atoms with Gasteiger partial charge in [0.2, 0.25) is 0 Å². The van der Waals surface area contributed by atoms with Crippen LogP contribution in [0, 0.1) is 0 Å². The molecule has 2 heterocycles. The van der Waals surface area contributed by atoms with E-state index in [1.807, 2.05) is 0 Å². The van der Waals surface area contributed by atoms with Gasteiger partial charge in [0.25, 0.3) is 5.79 Å². The van der Waals surface area contributed by atoms with Crippen LogP contribution in [0.2, 0.25) is 5.02 Å². The Morgan fingerprint density at radius 2 is 2.00 bits per heavy atom. The van der Waals surface area contributed by atoms with Crippen LogP contribution >= 0.6 is 11.6 Å². The highest BCUT2D eigenvalue weighted by atomic mass is 35.5. The van der Waals surface area contributed by atoms with Crippen LogP contribution in [0.4, 0.5) is 0 Å². The summed E-state index contributed by atoms with van der Waals surface area (Å²) >= 11 is 5.94. The first-order valence-corrected chi connectivity index (χ1v) is 9.81. The third-order valence-electron chi connectivity index (χ3n) is 4.20. The fourth-order valence-electron chi connectivity index (χ4n) is 3.21. The molecular weight excluding hydrogens is 366 g/mol. The summed E-state index contributed by atoms with van der Waals surface area (Å²) < 4.78 is 41.7. The van der Waals surface area contributed by atoms with Gasteiger partial charge in [0.15, 0.2) is 9.84 Å². The van der Waals surface area contributed by atoms with Crippen LogP contribution in [0.3, 0.4) is 0 Å². The van der Waals surface area contributed by atoms with E-state index < -0.39 is 15.6 Å². The van der Waals surface area contributed by atoms with Crippen LogP contribution < -0.4 is 4.74 Å². The van der Waals surface area contributed by atoms with Crippen molar-refractivity contribution < 1.29 is 22.6 Å². The average molecular weight is 380 g/mol. The normalized spacial score (nSPS) is 17.2. The van der Waals surface area contributed by atoms with Crippen molar-refractivity contribution in [1.29, 1.82) is 0 Å². The minimum absolute atomic E-state index is 0.181. The number of fused-ring (bicyclic) bond motifs is 2. The molecule has 1 aliphatic heterocycles. The second-order valence-electron chi connectivity index (χ2n) is 5.89. The molecule has 6 nitrogen and oxygen atoms in total. The molecule has 1 aromatic heterocycles. The molecule has 0 fully saturated rings. The van der Waals surface area contributed by atoms with Gasteiger partial charge < -0.3 is 14.2 Å². The van der Waals surface area contributed by atoms with Gasteiger partial charge in [0.05, 0.1) is 21.7 Å². The molecule has 8 heteroatoms. The number of pyridine rings is 1. The Morgan fingerprint density at radius 1 is 1.24 bits per heavy atom. The monoisotopic (exact) mass is 379 g/mol. The second kappa shape index (κ2) is 5.64. The van der Waals surface area contributed by atoms with Gasteiger partial charge in [-0.1, -0.05) is 11.6 Å². The number of hydrogen-bond acceptors (Lipinski definition) is 6. The number of aromatic nitrogens is 1. The molecule has 1 spiro atoms. The lowest BCUT2D eigenvalue weighted by atomic mass is 10.1. The Kier molecular flexibility index (Phi) is 3.66. The highest BCUT2D eigenvalue weighted by Crippen LogP contribution is 2.50. The molecule has 2 aromatic rings. The lowest BCUT2D eigenvalue weighted by molar-refractivity contribution is -0.148. The largest absolute Gasteiger partial charge is 0.455 e. The van der Waals surface area contributed by atoms with E-state index in [4.69, 9.17) is 25.8 Å². The number of ether oxygens (including phenoxy) is 3. The van der Waals surface area contributed by atoms with E-state index in [0.717, 1.165) is 5.56 Å². The van der Waals surface area contributed by atoms with E-state index in [-0.39, 0.29) is 4.90 Å². The van der Waals surface area contributed by atoms with Crippen molar-refractivity contribution in [2.45, 2.75) is 23.5 Å². The number of sulfone groups is 1. The Morgan fingerprint density at radius 3 is 2.68 bits per heavy atom. The molecule has 0 amide bonds. The zero-order valence-electron chi connectivity index (χ0n) is 13.2. The van der Waals surface area contributed by atoms with Crippen molar-refractivity contribution in [3.8, 4) is 11.5 Å². The minimum Gasteiger partial charge on any atom is -0.455 e. The van der Waals surface area contributed by atoms with E-state index in [0.29, 0.717) is 34.9 Å². The number of benzene rings is 1. The van der Waals surface area contributed by atoms with Crippen LogP contribution in [0.15, 0.2) is 48.0 Å². The van der Waals surface area contributed by atoms with Crippen LogP contribution in [0.5, 0.6) is 11.5 Å². The van der Waals surface area contributed by atoms with Crippen molar-refractivity contribution in [2.75, 3.05) is 6.26 Å². The van der Waals surface area contributed by atoms with E-state index in [2.05, 4.69) is 4.98 Å². The van der Waals surface area contributed by atoms with Gasteiger partial charge in [0.1, 0.15) is 24.0 Å². The van der Waals surface area contributed by atoms with Crippen LogP contribution in [0.25, 0.3) is 0 Å². The molecule has 0 radical (unpaired) electrons. The first-order chi connectivity index (χ1) is 11.9. The first-order valence-electron chi connectivity index (χ1n) is 7.54. The lowest BCUT2D eigenvalue weighted by Crippen LogP contribution is -2.25. The molecule has 25 heavy (non-hydrogen) atoms. The van der Waals surface area contributed by atoms with Gasteiger partial charge in [-0.2, -0.15) is 0 Å². The number of rotatable bonds is 3. The molecular formula is C17H14ClNO5S. The van der Waals surface area contributed by atoms with E-state index in [9.17, 15) is 8.42 Å². The maximum Gasteiger partial charge on any atom is 0.278 e. The molecule has 130 valence electrons. The van der Waals surface area contributed by atoms with Gasteiger partial charge in [-0.05, 0) is 18.6 Å². The molecule has 0 N–H and O–H groups in total. The zero-order valence-corrected chi connectivity index (χ0v) is 14.8. The molecule has 0 unspecified atom stereocenters. The van der Waals surface area contributed by atoms with Gasteiger partial charge >= 0.3 is 0 Å². The highest BCUT2D eigenvalue weighted by molar-refractivity contribution is 7.90. The van der Waals surface area contributed by atoms with Crippen LogP contribution in [0.1, 0.15) is 17.5 Å². The number of hydrogen-bond donors (Lipinski definition) is 0. The summed E-state index contributed by atoms with van der Waals surface area (Å²) in [7, 11) is -3.46. The van der Waals surface area contributed by atoms with Crippen molar-refractivity contribution in [1.82, 2.24) is 4.98 Å². The van der Waals surface area contributed by atoms with E-state index >= 15 is 0 Å². The Balaban J connectivity index is 1.85. The quantitative estimate of drug-likeness (QED) is 0.811. The fraction of sp³-hybridized carbons (Fsp3) is 0.235. The van der Waals surface area contributed by atoms with E-state index in [1.165, 1.54) is 37.2 Å². The van der Waals surface area contributed by atoms with Gasteiger partial charge in [-0.3, -0.25) is 4.98 Å². The summed E-state index contributed by atoms with van der Waals surface area (Å²) in [5.41, 5.74) is 1.24. The Labute approximate surface area is 149 Å². The summed E-state index contributed by atoms with van der Waals surface area (Å²) in [6.45, 7) is 0. The van der Waals surface area contributed by atoms with Gasteiger partial charge in [0, 0.05) is 30.5 Å². The van der Waals surface area contributed by atoms with Crippen LogP contribution in [-0.2, 0) is 31.5 Å². The summed E-state index contributed by atoms with van der Waals surface area (Å²) in [6, 6.07) is 4.79. The molecule has 0 bridgehead atoms. The predicted octanol–water partition coefficient (Wildman–Crippen LogP) is 3.55. The molecule has 1 aromatic carbocycles. The Hall–Kier alpha value is -2.25. The minimum atomic E-state index is -3.46. The van der Waals surface area contributed by atoms with Crippen molar-refractivity contribution in [3.63, 3.8) is 0 Å². The molecule has 1 aliphatic carbocycles. The molecule has 0 atom stereocenters. The van der Waals surface area contributed by atoms with Crippen LogP contribution in [-0.4, -0.2) is 19.7 Å². The third kappa shape index (κ3) is 2.73. The average Bonchev–Trinajstić information content (AvgIpc) is 3.16. The zero-order chi connectivity index (χ0) is 17.7. The Bertz CT molecular complexity index is 979. The van der Waals surface area contributed by atoms with Gasteiger partial charge in [-0.25, -0.2) is 8.42 Å². The molecule has 0 saturated carbocycles. The maximum absolute atomic E-state index is 12.2. The summed E-state index contributed by atoms with van der Waals surface area (Å²) in [6.07, 6.45) is 8.11. The summed E-state index contributed by atoms with van der Waals surface area (Å²) in [4.78, 5) is 4.17. The van der Waals surface area contributed by atoms with Crippen molar-refractivity contribution in [2.24, 2.45) is 0 Å². The van der Waals surface area contributed by atoms with E-state index in [1.54, 1.807) is 12.1 Å². The maximum atomic E-state index is 12.2. The third-order valence-corrected chi connectivity index (χ3v) is 5.54. The number of halogens is 1.